The average molecular weight is 412 g/mol. The van der Waals surface area contributed by atoms with Gasteiger partial charge in [-0.25, -0.2) is 14.5 Å². The van der Waals surface area contributed by atoms with Crippen molar-refractivity contribution in [3.63, 3.8) is 0 Å². The molecule has 1 aliphatic rings. The molecule has 3 aromatic rings. The molecule has 4 heterocycles. The number of hydrogen-bond acceptors (Lipinski definition) is 5. The van der Waals surface area contributed by atoms with Crippen LogP contribution in [0.3, 0.4) is 0 Å². The van der Waals surface area contributed by atoms with Crippen molar-refractivity contribution in [1.82, 2.24) is 33.9 Å². The lowest BCUT2D eigenvalue weighted by atomic mass is 10.1. The van der Waals surface area contributed by atoms with Crippen LogP contribution in [0.5, 0.6) is 0 Å². The maximum absolute atomic E-state index is 12.7. The Balaban J connectivity index is 1.37. The van der Waals surface area contributed by atoms with E-state index in [1.807, 2.05) is 48.6 Å². The Bertz CT molecular complexity index is 1110. The lowest BCUT2D eigenvalue weighted by Gasteiger charge is -2.16. The van der Waals surface area contributed by atoms with Crippen LogP contribution in [0.25, 0.3) is 5.65 Å². The maximum Gasteiger partial charge on any atom is 0.345 e. The smallest absolute Gasteiger partial charge is 0.345 e. The maximum atomic E-state index is 12.7. The molecule has 0 radical (unpaired) electrons. The second kappa shape index (κ2) is 8.43. The Labute approximate surface area is 175 Å². The molecule has 4 rings (SSSR count). The summed E-state index contributed by atoms with van der Waals surface area (Å²) in [6.45, 7) is 3.95. The van der Waals surface area contributed by atoms with E-state index < -0.39 is 0 Å². The molecule has 0 spiro atoms. The van der Waals surface area contributed by atoms with E-state index in [-0.39, 0.29) is 24.1 Å². The first-order chi connectivity index (χ1) is 14.4. The minimum absolute atomic E-state index is 0.0220. The molecule has 0 aromatic carbocycles. The lowest BCUT2D eigenvalue weighted by Crippen LogP contribution is -2.37. The van der Waals surface area contributed by atoms with Gasteiger partial charge in [0.05, 0.1) is 18.7 Å². The third-order valence-corrected chi connectivity index (χ3v) is 5.69. The molecule has 0 aliphatic carbocycles. The summed E-state index contributed by atoms with van der Waals surface area (Å²) < 4.78 is 5.28. The van der Waals surface area contributed by atoms with Gasteiger partial charge in [-0.1, -0.05) is 6.07 Å². The van der Waals surface area contributed by atoms with Gasteiger partial charge >= 0.3 is 5.69 Å². The van der Waals surface area contributed by atoms with Crippen LogP contribution in [0.1, 0.15) is 29.9 Å². The summed E-state index contributed by atoms with van der Waals surface area (Å²) in [5, 5.41) is 7.65. The first-order valence-electron chi connectivity index (χ1n) is 10.4. The number of rotatable bonds is 6. The molecular weight excluding hydrogens is 382 g/mol. The second-order valence-electron chi connectivity index (χ2n) is 8.28. The van der Waals surface area contributed by atoms with Crippen molar-refractivity contribution in [3.8, 4) is 0 Å². The van der Waals surface area contributed by atoms with E-state index >= 15 is 0 Å². The van der Waals surface area contributed by atoms with E-state index in [2.05, 4.69) is 15.4 Å². The van der Waals surface area contributed by atoms with Gasteiger partial charge < -0.3 is 14.6 Å². The topological polar surface area (TPSA) is 89.5 Å². The molecule has 1 unspecified atom stereocenters. The van der Waals surface area contributed by atoms with E-state index in [0.717, 1.165) is 42.1 Å². The summed E-state index contributed by atoms with van der Waals surface area (Å²) in [7, 11) is 3.96. The summed E-state index contributed by atoms with van der Waals surface area (Å²) in [5.74, 6) is 0.791. The average Bonchev–Trinajstić information content (AvgIpc) is 3.17. The van der Waals surface area contributed by atoms with Crippen molar-refractivity contribution in [2.75, 3.05) is 20.6 Å². The third-order valence-electron chi connectivity index (χ3n) is 5.69. The molecule has 1 atom stereocenters. The van der Waals surface area contributed by atoms with Crippen LogP contribution in [0.15, 0.2) is 29.3 Å². The molecule has 3 aromatic heterocycles. The highest BCUT2D eigenvalue weighted by atomic mass is 16.2. The van der Waals surface area contributed by atoms with E-state index in [4.69, 9.17) is 0 Å². The summed E-state index contributed by atoms with van der Waals surface area (Å²) in [5.41, 5.74) is 2.78. The minimum Gasteiger partial charge on any atom is -0.353 e. The van der Waals surface area contributed by atoms with Crippen LogP contribution in [-0.2, 0) is 30.7 Å². The fraction of sp³-hybridized carbons (Fsp3) is 0.524. The molecule has 0 fully saturated rings. The molecule has 0 saturated heterocycles. The number of carbonyl (C=O) groups is 1. The Morgan fingerprint density at radius 1 is 1.33 bits per heavy atom. The van der Waals surface area contributed by atoms with E-state index in [0.29, 0.717) is 19.5 Å². The van der Waals surface area contributed by atoms with Crippen molar-refractivity contribution in [2.24, 2.45) is 0 Å². The number of pyridine rings is 1. The standard InChI is InChI=1S/C21H29N7O2/c1-15-5-4-9-26-17(14-22-20(15)26)13-19(29)23-16-6-7-18-24-28(12-11-25(2)3)21(30)27(18)10-8-16/h4-5,9,14,16H,6-8,10-13H2,1-3H3,(H,23,29). The zero-order valence-electron chi connectivity index (χ0n) is 17.8. The number of fused-ring (bicyclic) bond motifs is 2. The SMILES string of the molecule is Cc1cccn2c(CC(=O)NC3CCc4nn(CCN(C)C)c(=O)n4CC3)cnc12. The van der Waals surface area contributed by atoms with Gasteiger partial charge in [-0.3, -0.25) is 9.36 Å². The van der Waals surface area contributed by atoms with Crippen LogP contribution >= 0.6 is 0 Å². The molecule has 9 nitrogen and oxygen atoms in total. The normalized spacial score (nSPS) is 16.6. The van der Waals surface area contributed by atoms with Crippen LogP contribution in [0, 0.1) is 6.92 Å². The molecule has 1 N–H and O–H groups in total. The highest BCUT2D eigenvalue weighted by Crippen LogP contribution is 2.14. The van der Waals surface area contributed by atoms with Crippen LogP contribution < -0.4 is 11.0 Å². The second-order valence-corrected chi connectivity index (χ2v) is 8.28. The summed E-state index contributed by atoms with van der Waals surface area (Å²) in [4.78, 5) is 31.7. The van der Waals surface area contributed by atoms with E-state index in [9.17, 15) is 9.59 Å². The van der Waals surface area contributed by atoms with Gasteiger partial charge in [0.15, 0.2) is 0 Å². The number of nitrogens with one attached hydrogen (secondary N) is 1. The third kappa shape index (κ3) is 4.16. The van der Waals surface area contributed by atoms with Gasteiger partial charge in [0, 0.05) is 37.9 Å². The molecule has 9 heteroatoms. The van der Waals surface area contributed by atoms with Gasteiger partial charge in [0.25, 0.3) is 0 Å². The predicted molar refractivity (Wildman–Crippen MR) is 114 cm³/mol. The number of amides is 1. The zero-order chi connectivity index (χ0) is 21.3. The molecule has 30 heavy (non-hydrogen) atoms. The zero-order valence-corrected chi connectivity index (χ0v) is 17.8. The highest BCUT2D eigenvalue weighted by molar-refractivity contribution is 5.78. The van der Waals surface area contributed by atoms with E-state index in [1.54, 1.807) is 15.4 Å². The monoisotopic (exact) mass is 411 g/mol. The van der Waals surface area contributed by atoms with Crippen LogP contribution in [0.4, 0.5) is 0 Å². The van der Waals surface area contributed by atoms with Crippen LogP contribution in [-0.4, -0.2) is 61.2 Å². The summed E-state index contributed by atoms with van der Waals surface area (Å²) >= 11 is 0. The van der Waals surface area contributed by atoms with E-state index in [1.165, 1.54) is 0 Å². The number of hydrogen-bond donors (Lipinski definition) is 1. The molecule has 160 valence electrons. The van der Waals surface area contributed by atoms with Crippen molar-refractivity contribution in [2.45, 2.75) is 51.7 Å². The van der Waals surface area contributed by atoms with Crippen molar-refractivity contribution in [3.05, 3.63) is 52.1 Å². The van der Waals surface area contributed by atoms with Gasteiger partial charge in [0.2, 0.25) is 5.91 Å². The largest absolute Gasteiger partial charge is 0.353 e. The summed E-state index contributed by atoms with van der Waals surface area (Å²) in [6.07, 6.45) is 6.17. The van der Waals surface area contributed by atoms with Gasteiger partial charge in [-0.2, -0.15) is 5.10 Å². The fourth-order valence-corrected chi connectivity index (χ4v) is 3.99. The molecular formula is C21H29N7O2. The Kier molecular flexibility index (Phi) is 5.72. The van der Waals surface area contributed by atoms with Gasteiger partial charge in [0.1, 0.15) is 11.5 Å². The number of carbonyl (C=O) groups excluding carboxylic acids is 1. The number of nitrogens with zero attached hydrogens (tertiary/aromatic N) is 6. The Morgan fingerprint density at radius 3 is 2.97 bits per heavy atom. The van der Waals surface area contributed by atoms with Gasteiger partial charge in [-0.05, 0) is 45.5 Å². The molecule has 1 amide bonds. The number of aryl methyl sites for hydroxylation is 2. The summed E-state index contributed by atoms with van der Waals surface area (Å²) in [6, 6.07) is 4.01. The fourth-order valence-electron chi connectivity index (χ4n) is 3.99. The molecule has 0 bridgehead atoms. The van der Waals surface area contributed by atoms with Gasteiger partial charge in [-0.15, -0.1) is 0 Å². The molecule has 0 saturated carbocycles. The minimum atomic E-state index is -0.0556. The first kappa shape index (κ1) is 20.3. The lowest BCUT2D eigenvalue weighted by molar-refractivity contribution is -0.121. The van der Waals surface area contributed by atoms with Crippen molar-refractivity contribution >= 4 is 11.6 Å². The first-order valence-corrected chi connectivity index (χ1v) is 10.4. The Hall–Kier alpha value is -2.94. The quantitative estimate of drug-likeness (QED) is 0.643. The van der Waals surface area contributed by atoms with Crippen LogP contribution in [0.2, 0.25) is 0 Å². The van der Waals surface area contributed by atoms with Crippen molar-refractivity contribution in [1.29, 1.82) is 0 Å². The number of likely N-dealkylation sites (N-methyl/N-ethyl adjacent to an activating group) is 1. The predicted octanol–water partition coefficient (Wildman–Crippen LogP) is 0.626. The Morgan fingerprint density at radius 2 is 2.17 bits per heavy atom. The number of aromatic nitrogens is 5. The highest BCUT2D eigenvalue weighted by Gasteiger charge is 2.22. The van der Waals surface area contributed by atoms with Crippen molar-refractivity contribution < 1.29 is 4.79 Å². The molecule has 1 aliphatic heterocycles. The number of imidazole rings is 1.